The molecule has 0 spiro atoms. The molecule has 0 aromatic heterocycles. The molecule has 1 aromatic carbocycles. The van der Waals surface area contributed by atoms with Gasteiger partial charge in [0.25, 0.3) is 0 Å². The standard InChI is InChI=1S/C14H19ClN2O2/c1-8(2)13(7-19-3)16-12-4-9-5-14(18)17-11(9)6-10(12)15/h4,6,8,13,16H,5,7H2,1-3H3,(H,17,18). The Labute approximate surface area is 118 Å². The summed E-state index contributed by atoms with van der Waals surface area (Å²) in [6.45, 7) is 4.87. The third-order valence-electron chi connectivity index (χ3n) is 3.31. The molecule has 0 aliphatic carbocycles. The fraction of sp³-hybridized carbons (Fsp3) is 0.500. The zero-order chi connectivity index (χ0) is 14.0. The van der Waals surface area contributed by atoms with E-state index < -0.39 is 0 Å². The normalized spacial score (nSPS) is 15.3. The highest BCUT2D eigenvalue weighted by Gasteiger charge is 2.21. The van der Waals surface area contributed by atoms with Crippen LogP contribution in [0.5, 0.6) is 0 Å². The van der Waals surface area contributed by atoms with Crippen molar-refractivity contribution in [1.82, 2.24) is 0 Å². The van der Waals surface area contributed by atoms with E-state index in [1.165, 1.54) is 0 Å². The highest BCUT2D eigenvalue weighted by atomic mass is 35.5. The van der Waals surface area contributed by atoms with Crippen molar-refractivity contribution in [3.05, 3.63) is 22.7 Å². The Morgan fingerprint density at radius 3 is 2.84 bits per heavy atom. The lowest BCUT2D eigenvalue weighted by atomic mass is 10.0. The number of carbonyl (C=O) groups excluding carboxylic acids is 1. The predicted octanol–water partition coefficient (Wildman–Crippen LogP) is 2.92. The molecule has 4 nitrogen and oxygen atoms in total. The number of halogens is 1. The van der Waals surface area contributed by atoms with Crippen molar-refractivity contribution >= 4 is 28.9 Å². The lowest BCUT2D eigenvalue weighted by molar-refractivity contribution is -0.115. The van der Waals surface area contributed by atoms with E-state index in [4.69, 9.17) is 16.3 Å². The zero-order valence-corrected chi connectivity index (χ0v) is 12.2. The van der Waals surface area contributed by atoms with Crippen molar-refractivity contribution in [2.45, 2.75) is 26.3 Å². The first-order chi connectivity index (χ1) is 9.01. The number of methoxy groups -OCH3 is 1. The molecule has 1 heterocycles. The van der Waals surface area contributed by atoms with Gasteiger partial charge in [-0.3, -0.25) is 4.79 Å². The summed E-state index contributed by atoms with van der Waals surface area (Å²) in [5.74, 6) is 0.435. The Balaban J connectivity index is 2.21. The van der Waals surface area contributed by atoms with Crippen LogP contribution in [-0.4, -0.2) is 25.7 Å². The minimum absolute atomic E-state index is 0.0144. The van der Waals surface area contributed by atoms with Crippen LogP contribution in [0.25, 0.3) is 0 Å². The van der Waals surface area contributed by atoms with Crippen LogP contribution in [-0.2, 0) is 16.0 Å². The van der Waals surface area contributed by atoms with Gasteiger partial charge in [-0.1, -0.05) is 25.4 Å². The second kappa shape index (κ2) is 5.80. The number of hydrogen-bond acceptors (Lipinski definition) is 3. The molecule has 0 saturated carbocycles. The van der Waals surface area contributed by atoms with Crippen molar-refractivity contribution in [3.63, 3.8) is 0 Å². The number of carbonyl (C=O) groups is 1. The SMILES string of the molecule is COCC(Nc1cc2c(cc1Cl)NC(=O)C2)C(C)C. The zero-order valence-electron chi connectivity index (χ0n) is 11.4. The molecule has 1 aliphatic rings. The second-order valence-corrected chi connectivity index (χ2v) is 5.57. The van der Waals surface area contributed by atoms with E-state index in [1.807, 2.05) is 6.07 Å². The van der Waals surface area contributed by atoms with Gasteiger partial charge in [0.05, 0.1) is 29.8 Å². The quantitative estimate of drug-likeness (QED) is 0.873. The Hall–Kier alpha value is -1.26. The smallest absolute Gasteiger partial charge is 0.228 e. The minimum atomic E-state index is 0.0144. The van der Waals surface area contributed by atoms with Gasteiger partial charge in [-0.15, -0.1) is 0 Å². The first kappa shape index (κ1) is 14.2. The summed E-state index contributed by atoms with van der Waals surface area (Å²) in [4.78, 5) is 11.4. The van der Waals surface area contributed by atoms with Crippen LogP contribution in [0.3, 0.4) is 0 Å². The van der Waals surface area contributed by atoms with Crippen molar-refractivity contribution in [2.75, 3.05) is 24.4 Å². The fourth-order valence-corrected chi connectivity index (χ4v) is 2.36. The molecule has 0 saturated heterocycles. The highest BCUT2D eigenvalue weighted by molar-refractivity contribution is 6.33. The topological polar surface area (TPSA) is 50.4 Å². The summed E-state index contributed by atoms with van der Waals surface area (Å²) < 4.78 is 5.22. The number of benzene rings is 1. The molecule has 0 radical (unpaired) electrons. The Morgan fingerprint density at radius 1 is 1.47 bits per heavy atom. The summed E-state index contributed by atoms with van der Waals surface area (Å²) in [6, 6.07) is 3.93. The van der Waals surface area contributed by atoms with Gasteiger partial charge in [-0.25, -0.2) is 0 Å². The van der Waals surface area contributed by atoms with Crippen molar-refractivity contribution < 1.29 is 9.53 Å². The largest absolute Gasteiger partial charge is 0.383 e. The van der Waals surface area contributed by atoms with Crippen LogP contribution in [0.2, 0.25) is 5.02 Å². The minimum Gasteiger partial charge on any atom is -0.383 e. The van der Waals surface area contributed by atoms with Gasteiger partial charge in [-0.05, 0) is 23.6 Å². The van der Waals surface area contributed by atoms with Gasteiger partial charge in [0.1, 0.15) is 0 Å². The number of nitrogens with one attached hydrogen (secondary N) is 2. The maximum absolute atomic E-state index is 11.4. The molecule has 1 amide bonds. The molecule has 1 aliphatic heterocycles. The highest BCUT2D eigenvalue weighted by Crippen LogP contribution is 2.33. The van der Waals surface area contributed by atoms with Crippen LogP contribution >= 0.6 is 11.6 Å². The molecule has 2 N–H and O–H groups in total. The van der Waals surface area contributed by atoms with Gasteiger partial charge in [0, 0.05) is 12.8 Å². The van der Waals surface area contributed by atoms with Gasteiger partial charge in [0.2, 0.25) is 5.91 Å². The molecule has 104 valence electrons. The molecule has 2 rings (SSSR count). The van der Waals surface area contributed by atoms with Crippen LogP contribution in [0.1, 0.15) is 19.4 Å². The van der Waals surface area contributed by atoms with E-state index in [0.29, 0.717) is 24.0 Å². The van der Waals surface area contributed by atoms with Crippen molar-refractivity contribution in [3.8, 4) is 0 Å². The van der Waals surface area contributed by atoms with Crippen LogP contribution < -0.4 is 10.6 Å². The summed E-state index contributed by atoms with van der Waals surface area (Å²) in [5, 5.41) is 6.80. The second-order valence-electron chi connectivity index (χ2n) is 5.16. The number of rotatable bonds is 5. The molecule has 0 fully saturated rings. The summed E-state index contributed by atoms with van der Waals surface area (Å²) in [6.07, 6.45) is 0.414. The van der Waals surface area contributed by atoms with Gasteiger partial charge in [0.15, 0.2) is 0 Å². The fourth-order valence-electron chi connectivity index (χ4n) is 2.14. The van der Waals surface area contributed by atoms with E-state index in [2.05, 4.69) is 24.5 Å². The average Bonchev–Trinajstić information content (AvgIpc) is 2.67. The van der Waals surface area contributed by atoms with Gasteiger partial charge in [-0.2, -0.15) is 0 Å². The predicted molar refractivity (Wildman–Crippen MR) is 77.9 cm³/mol. The first-order valence-corrected chi connectivity index (χ1v) is 6.76. The Morgan fingerprint density at radius 2 is 2.21 bits per heavy atom. The molecule has 0 bridgehead atoms. The van der Waals surface area contributed by atoms with E-state index in [9.17, 15) is 4.79 Å². The number of fused-ring (bicyclic) bond motifs is 1. The van der Waals surface area contributed by atoms with Crippen molar-refractivity contribution in [1.29, 1.82) is 0 Å². The van der Waals surface area contributed by atoms with Crippen LogP contribution in [0.15, 0.2) is 12.1 Å². The summed E-state index contributed by atoms with van der Waals surface area (Å²) in [5.41, 5.74) is 2.65. The maximum atomic E-state index is 11.4. The third-order valence-corrected chi connectivity index (χ3v) is 3.62. The first-order valence-electron chi connectivity index (χ1n) is 6.39. The molecular formula is C14H19ClN2O2. The molecule has 1 aromatic rings. The molecule has 1 unspecified atom stereocenters. The van der Waals surface area contributed by atoms with Gasteiger partial charge < -0.3 is 15.4 Å². The monoisotopic (exact) mass is 282 g/mol. The Kier molecular flexibility index (Phi) is 4.32. The number of hydrogen-bond donors (Lipinski definition) is 2. The van der Waals surface area contributed by atoms with E-state index in [-0.39, 0.29) is 11.9 Å². The third kappa shape index (κ3) is 3.19. The van der Waals surface area contributed by atoms with Gasteiger partial charge >= 0.3 is 0 Å². The Bertz CT molecular complexity index is 489. The van der Waals surface area contributed by atoms with E-state index in [0.717, 1.165) is 16.9 Å². The molecule has 5 heteroatoms. The van der Waals surface area contributed by atoms with Crippen LogP contribution in [0.4, 0.5) is 11.4 Å². The van der Waals surface area contributed by atoms with Crippen LogP contribution in [0, 0.1) is 5.92 Å². The lowest BCUT2D eigenvalue weighted by Gasteiger charge is -2.23. The molecule has 1 atom stereocenters. The lowest BCUT2D eigenvalue weighted by Crippen LogP contribution is -2.30. The summed E-state index contributed by atoms with van der Waals surface area (Å²) in [7, 11) is 1.68. The maximum Gasteiger partial charge on any atom is 0.228 e. The van der Waals surface area contributed by atoms with E-state index >= 15 is 0 Å². The number of amides is 1. The molecular weight excluding hydrogens is 264 g/mol. The number of anilines is 2. The summed E-state index contributed by atoms with van der Waals surface area (Å²) >= 11 is 6.25. The molecule has 19 heavy (non-hydrogen) atoms. The number of ether oxygens (including phenoxy) is 1. The average molecular weight is 283 g/mol. The van der Waals surface area contributed by atoms with Crippen molar-refractivity contribution in [2.24, 2.45) is 5.92 Å². The van der Waals surface area contributed by atoms with E-state index in [1.54, 1.807) is 13.2 Å².